The average Bonchev–Trinajstić information content (AvgIpc) is 3.29. The van der Waals surface area contributed by atoms with Crippen LogP contribution in [0, 0.1) is 13.8 Å². The van der Waals surface area contributed by atoms with Gasteiger partial charge >= 0.3 is 0 Å². The normalized spacial score (nSPS) is 16.9. The molecule has 0 fully saturated rings. The lowest BCUT2D eigenvalue weighted by atomic mass is 10.1. The number of fused-ring (bicyclic) bond motifs is 1. The number of guanidine groups is 1. The molecule has 1 aromatic carbocycles. The van der Waals surface area contributed by atoms with Crippen molar-refractivity contribution in [3.63, 3.8) is 0 Å². The maximum Gasteiger partial charge on any atom is 0.192 e. The molecule has 1 aliphatic heterocycles. The van der Waals surface area contributed by atoms with Crippen LogP contribution >= 0.6 is 24.0 Å². The number of nitrogens with zero attached hydrogens (tertiary/aromatic N) is 7. The van der Waals surface area contributed by atoms with Crippen LogP contribution in [0.15, 0.2) is 35.3 Å². The molecule has 0 amide bonds. The first kappa shape index (κ1) is 23.2. The number of hydrogen-bond acceptors (Lipinski definition) is 5. The summed E-state index contributed by atoms with van der Waals surface area (Å²) in [4.78, 5) is 9.46. The second kappa shape index (κ2) is 10.2. The van der Waals surface area contributed by atoms with Crippen molar-refractivity contribution >= 4 is 29.9 Å². The molecule has 0 radical (unpaired) electrons. The molecule has 1 aliphatic rings. The molecule has 166 valence electrons. The maximum atomic E-state index is 4.82. The van der Waals surface area contributed by atoms with Crippen LogP contribution in [0.5, 0.6) is 0 Å². The van der Waals surface area contributed by atoms with Gasteiger partial charge in [0.1, 0.15) is 24.0 Å². The highest BCUT2D eigenvalue weighted by atomic mass is 127. The van der Waals surface area contributed by atoms with E-state index in [2.05, 4.69) is 50.0 Å². The molecule has 0 bridgehead atoms. The minimum Gasteiger partial charge on any atom is -0.350 e. The van der Waals surface area contributed by atoms with E-state index in [4.69, 9.17) is 4.99 Å². The summed E-state index contributed by atoms with van der Waals surface area (Å²) < 4.78 is 3.96. The molecule has 2 unspecified atom stereocenters. The number of nitrogens with one attached hydrogen (secondary N) is 2. The molecule has 9 nitrogen and oxygen atoms in total. The van der Waals surface area contributed by atoms with Crippen molar-refractivity contribution in [1.29, 1.82) is 0 Å². The standard InChI is InChI=1S/C21H29N9.HI/c1-14(17-9-6-5-7-10-17)23-21(22-13-19-27-26-16(3)29(19)4)25-18-11-8-12-30-20(18)24-15(2)28-30;/h5-7,9-10,14,18H,8,11-13H2,1-4H3,(H2,22,23,25);1H. The monoisotopic (exact) mass is 535 g/mol. The summed E-state index contributed by atoms with van der Waals surface area (Å²) in [5.74, 6) is 4.19. The summed E-state index contributed by atoms with van der Waals surface area (Å²) in [7, 11) is 1.96. The van der Waals surface area contributed by atoms with Crippen molar-refractivity contribution < 1.29 is 0 Å². The second-order valence-electron chi connectivity index (χ2n) is 7.74. The highest BCUT2D eigenvalue weighted by Gasteiger charge is 2.25. The number of aliphatic imine (C=N–C) groups is 1. The van der Waals surface area contributed by atoms with Crippen molar-refractivity contribution in [2.75, 3.05) is 0 Å². The van der Waals surface area contributed by atoms with Gasteiger partial charge in [0.05, 0.1) is 12.1 Å². The van der Waals surface area contributed by atoms with Crippen molar-refractivity contribution in [2.24, 2.45) is 12.0 Å². The molecule has 0 spiro atoms. The fourth-order valence-electron chi connectivity index (χ4n) is 3.67. The van der Waals surface area contributed by atoms with E-state index < -0.39 is 0 Å². The number of benzene rings is 1. The van der Waals surface area contributed by atoms with Crippen LogP contribution < -0.4 is 10.6 Å². The summed E-state index contributed by atoms with van der Waals surface area (Å²) in [6.45, 7) is 7.35. The van der Waals surface area contributed by atoms with E-state index in [0.717, 1.165) is 48.6 Å². The fourth-order valence-corrected chi connectivity index (χ4v) is 3.67. The predicted octanol–water partition coefficient (Wildman–Crippen LogP) is 2.97. The molecular weight excluding hydrogens is 505 g/mol. The Balaban J connectivity index is 0.00000272. The van der Waals surface area contributed by atoms with Gasteiger partial charge in [-0.05, 0) is 39.2 Å². The Kier molecular flexibility index (Phi) is 7.63. The molecule has 2 atom stereocenters. The molecule has 2 aromatic heterocycles. The van der Waals surface area contributed by atoms with E-state index in [9.17, 15) is 0 Å². The molecule has 4 rings (SSSR count). The lowest BCUT2D eigenvalue weighted by molar-refractivity contribution is 0.396. The lowest BCUT2D eigenvalue weighted by Crippen LogP contribution is -2.42. The number of rotatable bonds is 5. The second-order valence-corrected chi connectivity index (χ2v) is 7.74. The average molecular weight is 535 g/mol. The third kappa shape index (κ3) is 5.41. The van der Waals surface area contributed by atoms with Crippen LogP contribution in [-0.4, -0.2) is 35.5 Å². The van der Waals surface area contributed by atoms with Gasteiger partial charge in [0.25, 0.3) is 0 Å². The molecule has 0 aliphatic carbocycles. The van der Waals surface area contributed by atoms with Gasteiger partial charge < -0.3 is 15.2 Å². The van der Waals surface area contributed by atoms with Crippen molar-refractivity contribution in [3.05, 3.63) is 59.2 Å². The van der Waals surface area contributed by atoms with Gasteiger partial charge in [0, 0.05) is 13.6 Å². The first-order valence-corrected chi connectivity index (χ1v) is 10.4. The lowest BCUT2D eigenvalue weighted by Gasteiger charge is -2.26. The van der Waals surface area contributed by atoms with Gasteiger partial charge in [-0.2, -0.15) is 5.10 Å². The number of halogens is 1. The molecule has 2 N–H and O–H groups in total. The Morgan fingerprint density at radius 2 is 2.00 bits per heavy atom. The van der Waals surface area contributed by atoms with Crippen molar-refractivity contribution in [1.82, 2.24) is 40.2 Å². The zero-order valence-electron chi connectivity index (χ0n) is 18.4. The van der Waals surface area contributed by atoms with E-state index in [1.807, 2.05) is 48.3 Å². The van der Waals surface area contributed by atoms with Gasteiger partial charge in [-0.15, -0.1) is 34.2 Å². The highest BCUT2D eigenvalue weighted by molar-refractivity contribution is 14.0. The minimum atomic E-state index is 0. The zero-order valence-corrected chi connectivity index (χ0v) is 20.7. The minimum absolute atomic E-state index is 0. The summed E-state index contributed by atoms with van der Waals surface area (Å²) >= 11 is 0. The van der Waals surface area contributed by atoms with Crippen molar-refractivity contribution in [3.8, 4) is 0 Å². The molecule has 3 aromatic rings. The first-order valence-electron chi connectivity index (χ1n) is 10.4. The third-order valence-corrected chi connectivity index (χ3v) is 5.51. The molecule has 31 heavy (non-hydrogen) atoms. The van der Waals surface area contributed by atoms with Gasteiger partial charge in [0.15, 0.2) is 11.8 Å². The van der Waals surface area contributed by atoms with Gasteiger partial charge in [-0.25, -0.2) is 14.7 Å². The topological polar surface area (TPSA) is 97.8 Å². The summed E-state index contributed by atoms with van der Waals surface area (Å²) in [5, 5.41) is 20.0. The van der Waals surface area contributed by atoms with Crippen molar-refractivity contribution in [2.45, 2.75) is 58.8 Å². The van der Waals surface area contributed by atoms with Crippen LogP contribution in [0.25, 0.3) is 0 Å². The summed E-state index contributed by atoms with van der Waals surface area (Å²) in [6, 6.07) is 10.5. The number of aryl methyl sites for hydroxylation is 3. The molecule has 0 saturated carbocycles. The van der Waals surface area contributed by atoms with E-state index in [1.54, 1.807) is 0 Å². The molecule has 10 heteroatoms. The Hall–Kier alpha value is -2.50. The number of aromatic nitrogens is 6. The third-order valence-electron chi connectivity index (χ3n) is 5.51. The van der Waals surface area contributed by atoms with E-state index >= 15 is 0 Å². The fraction of sp³-hybridized carbons (Fsp3) is 0.476. The Labute approximate surface area is 199 Å². The van der Waals surface area contributed by atoms with Crippen LogP contribution in [-0.2, 0) is 20.1 Å². The highest BCUT2D eigenvalue weighted by Crippen LogP contribution is 2.23. The zero-order chi connectivity index (χ0) is 21.1. The van der Waals surface area contributed by atoms with E-state index in [1.165, 1.54) is 5.56 Å². The number of hydrogen-bond donors (Lipinski definition) is 2. The Morgan fingerprint density at radius 3 is 2.71 bits per heavy atom. The first-order chi connectivity index (χ1) is 14.5. The van der Waals surface area contributed by atoms with Crippen LogP contribution in [0.4, 0.5) is 0 Å². The van der Waals surface area contributed by atoms with Crippen LogP contribution in [0.1, 0.15) is 60.7 Å². The summed E-state index contributed by atoms with van der Waals surface area (Å²) in [5.41, 5.74) is 1.20. The molecular formula is C21H30IN9. The van der Waals surface area contributed by atoms with Crippen LogP contribution in [0.2, 0.25) is 0 Å². The van der Waals surface area contributed by atoms with E-state index in [-0.39, 0.29) is 36.1 Å². The van der Waals surface area contributed by atoms with E-state index in [0.29, 0.717) is 6.54 Å². The largest absolute Gasteiger partial charge is 0.350 e. The Bertz CT molecular complexity index is 1020. The van der Waals surface area contributed by atoms with Crippen LogP contribution in [0.3, 0.4) is 0 Å². The summed E-state index contributed by atoms with van der Waals surface area (Å²) in [6.07, 6.45) is 2.04. The molecule has 0 saturated heterocycles. The molecule has 3 heterocycles. The maximum absolute atomic E-state index is 4.82. The predicted molar refractivity (Wildman–Crippen MR) is 130 cm³/mol. The SMILES string of the molecule is Cc1nc2n(n1)CCCC2NC(=NCc1nnc(C)n1C)NC(C)c1ccccc1.I. The van der Waals surface area contributed by atoms with Gasteiger partial charge in [-0.1, -0.05) is 30.3 Å². The quantitative estimate of drug-likeness (QED) is 0.296. The Morgan fingerprint density at radius 1 is 1.23 bits per heavy atom. The van der Waals surface area contributed by atoms with Gasteiger partial charge in [-0.3, -0.25) is 0 Å². The smallest absolute Gasteiger partial charge is 0.192 e. The van der Waals surface area contributed by atoms with Gasteiger partial charge in [0.2, 0.25) is 0 Å².